The maximum absolute atomic E-state index is 12.1. The van der Waals surface area contributed by atoms with E-state index in [0.29, 0.717) is 12.8 Å². The molecule has 17 heavy (non-hydrogen) atoms. The van der Waals surface area contributed by atoms with Crippen LogP contribution < -0.4 is 5.32 Å². The van der Waals surface area contributed by atoms with Crippen molar-refractivity contribution in [2.45, 2.75) is 44.3 Å². The van der Waals surface area contributed by atoms with Gasteiger partial charge in [-0.3, -0.25) is 4.79 Å². The highest BCUT2D eigenvalue weighted by Crippen LogP contribution is 2.33. The van der Waals surface area contributed by atoms with E-state index in [1.54, 1.807) is 5.32 Å². The molecule has 0 saturated heterocycles. The van der Waals surface area contributed by atoms with Gasteiger partial charge >= 0.3 is 18.1 Å². The van der Waals surface area contributed by atoms with Gasteiger partial charge in [0.15, 0.2) is 0 Å². The Morgan fingerprint density at radius 3 is 2.12 bits per heavy atom. The third kappa shape index (κ3) is 3.10. The number of rotatable bonds is 2. The summed E-state index contributed by atoms with van der Waals surface area (Å²) in [5, 5.41) is 10.6. The first-order valence-corrected chi connectivity index (χ1v) is 5.30. The monoisotopic (exact) mass is 253 g/mol. The van der Waals surface area contributed by atoms with E-state index in [1.807, 2.05) is 6.92 Å². The topological polar surface area (TPSA) is 66.4 Å². The van der Waals surface area contributed by atoms with E-state index >= 15 is 0 Å². The van der Waals surface area contributed by atoms with Gasteiger partial charge in [0, 0.05) is 0 Å². The second-order valence-electron chi connectivity index (χ2n) is 4.52. The van der Waals surface area contributed by atoms with Crippen molar-refractivity contribution in [1.29, 1.82) is 0 Å². The molecule has 1 aliphatic rings. The van der Waals surface area contributed by atoms with Gasteiger partial charge in [0.05, 0.1) is 0 Å². The predicted octanol–water partition coefficient (Wildman–Crippen LogP) is 1.70. The summed E-state index contributed by atoms with van der Waals surface area (Å²) >= 11 is 0. The maximum atomic E-state index is 12.1. The number of carboxylic acid groups (broad SMARTS) is 1. The van der Waals surface area contributed by atoms with Crippen LogP contribution in [0.2, 0.25) is 0 Å². The zero-order valence-corrected chi connectivity index (χ0v) is 9.30. The number of alkyl halides is 3. The molecule has 1 amide bonds. The SMILES string of the molecule is CC1CCC(NC(=O)C(F)(F)F)(C(=O)O)CC1. The van der Waals surface area contributed by atoms with E-state index in [0.717, 1.165) is 0 Å². The predicted molar refractivity (Wildman–Crippen MR) is 52.2 cm³/mol. The van der Waals surface area contributed by atoms with Crippen LogP contribution in [0.1, 0.15) is 32.6 Å². The van der Waals surface area contributed by atoms with E-state index < -0.39 is 23.6 Å². The molecule has 0 bridgehead atoms. The van der Waals surface area contributed by atoms with Gasteiger partial charge in [-0.25, -0.2) is 4.79 Å². The molecule has 0 aliphatic heterocycles. The Morgan fingerprint density at radius 1 is 1.29 bits per heavy atom. The summed E-state index contributed by atoms with van der Waals surface area (Å²) in [5.74, 6) is -3.32. The first-order valence-electron chi connectivity index (χ1n) is 5.30. The lowest BCUT2D eigenvalue weighted by atomic mass is 9.77. The summed E-state index contributed by atoms with van der Waals surface area (Å²) < 4.78 is 36.3. The van der Waals surface area contributed by atoms with Crippen molar-refractivity contribution in [3.63, 3.8) is 0 Å². The highest BCUT2D eigenvalue weighted by molar-refractivity contribution is 5.89. The van der Waals surface area contributed by atoms with Crippen LogP contribution in [-0.4, -0.2) is 28.7 Å². The van der Waals surface area contributed by atoms with Crippen LogP contribution in [0.4, 0.5) is 13.2 Å². The van der Waals surface area contributed by atoms with Crippen molar-refractivity contribution in [3.8, 4) is 0 Å². The van der Waals surface area contributed by atoms with Crippen LogP contribution in [-0.2, 0) is 9.59 Å². The molecule has 0 aromatic rings. The molecule has 1 aliphatic carbocycles. The molecule has 2 N–H and O–H groups in total. The number of hydrogen-bond donors (Lipinski definition) is 2. The number of carbonyl (C=O) groups is 2. The first kappa shape index (κ1) is 13.8. The fourth-order valence-electron chi connectivity index (χ4n) is 1.94. The molecule has 4 nitrogen and oxygen atoms in total. The fraction of sp³-hybridized carbons (Fsp3) is 0.800. The summed E-state index contributed by atoms with van der Waals surface area (Å²) in [6, 6.07) is 0. The summed E-state index contributed by atoms with van der Waals surface area (Å²) in [5.41, 5.74) is -1.76. The molecule has 0 heterocycles. The van der Waals surface area contributed by atoms with Crippen molar-refractivity contribution in [1.82, 2.24) is 5.32 Å². The fourth-order valence-corrected chi connectivity index (χ4v) is 1.94. The van der Waals surface area contributed by atoms with Gasteiger partial charge in [-0.1, -0.05) is 6.92 Å². The van der Waals surface area contributed by atoms with Gasteiger partial charge in [-0.05, 0) is 31.6 Å². The Kier molecular flexibility index (Phi) is 3.68. The van der Waals surface area contributed by atoms with E-state index in [-0.39, 0.29) is 18.8 Å². The Balaban J connectivity index is 2.81. The molecule has 0 atom stereocenters. The van der Waals surface area contributed by atoms with E-state index in [2.05, 4.69) is 0 Å². The van der Waals surface area contributed by atoms with Crippen molar-refractivity contribution in [2.24, 2.45) is 5.92 Å². The normalized spacial score (nSPS) is 29.8. The molecule has 0 aromatic heterocycles. The minimum Gasteiger partial charge on any atom is -0.480 e. The number of nitrogens with one attached hydrogen (secondary N) is 1. The van der Waals surface area contributed by atoms with E-state index in [9.17, 15) is 22.8 Å². The lowest BCUT2D eigenvalue weighted by molar-refractivity contribution is -0.178. The largest absolute Gasteiger partial charge is 0.480 e. The van der Waals surface area contributed by atoms with Crippen LogP contribution in [0, 0.1) is 5.92 Å². The van der Waals surface area contributed by atoms with Gasteiger partial charge in [0.25, 0.3) is 0 Å². The third-order valence-corrected chi connectivity index (χ3v) is 3.15. The highest BCUT2D eigenvalue weighted by atomic mass is 19.4. The quantitative estimate of drug-likeness (QED) is 0.787. The number of carboxylic acids is 1. The minimum atomic E-state index is -5.05. The highest BCUT2D eigenvalue weighted by Gasteiger charge is 2.48. The number of carbonyl (C=O) groups excluding carboxylic acids is 1. The van der Waals surface area contributed by atoms with Gasteiger partial charge in [0.2, 0.25) is 0 Å². The Bertz CT molecular complexity index is 319. The Morgan fingerprint density at radius 2 is 1.76 bits per heavy atom. The van der Waals surface area contributed by atoms with Crippen molar-refractivity contribution < 1.29 is 27.9 Å². The number of amides is 1. The molecule has 1 fully saturated rings. The molecule has 7 heteroatoms. The second kappa shape index (κ2) is 4.54. The smallest absolute Gasteiger partial charge is 0.471 e. The first-order chi connectivity index (χ1) is 7.67. The zero-order chi connectivity index (χ0) is 13.3. The standard InChI is InChI=1S/C10H14F3NO3/c1-6-2-4-9(5-3-6,8(16)17)14-7(15)10(11,12)13/h6H,2-5H2,1H3,(H,14,15)(H,16,17). The van der Waals surface area contributed by atoms with Gasteiger partial charge < -0.3 is 10.4 Å². The molecule has 98 valence electrons. The summed E-state index contributed by atoms with van der Waals surface area (Å²) in [6.45, 7) is 1.90. The lowest BCUT2D eigenvalue weighted by Gasteiger charge is -2.36. The van der Waals surface area contributed by atoms with Crippen LogP contribution in [0.25, 0.3) is 0 Å². The Hall–Kier alpha value is -1.27. The molecular weight excluding hydrogens is 239 g/mol. The average molecular weight is 253 g/mol. The Labute approximate surface area is 96.2 Å². The minimum absolute atomic E-state index is 0.0331. The lowest BCUT2D eigenvalue weighted by Crippen LogP contribution is -2.59. The van der Waals surface area contributed by atoms with Crippen LogP contribution in [0.5, 0.6) is 0 Å². The van der Waals surface area contributed by atoms with Crippen molar-refractivity contribution in [2.75, 3.05) is 0 Å². The third-order valence-electron chi connectivity index (χ3n) is 3.15. The summed E-state index contributed by atoms with van der Waals surface area (Å²) in [6.07, 6.45) is -4.00. The van der Waals surface area contributed by atoms with Crippen LogP contribution in [0.3, 0.4) is 0 Å². The van der Waals surface area contributed by atoms with E-state index in [1.165, 1.54) is 0 Å². The van der Waals surface area contributed by atoms with Gasteiger partial charge in [0.1, 0.15) is 5.54 Å². The molecule has 0 radical (unpaired) electrons. The number of halogens is 3. The van der Waals surface area contributed by atoms with Gasteiger partial charge in [-0.2, -0.15) is 13.2 Å². The van der Waals surface area contributed by atoms with E-state index in [4.69, 9.17) is 5.11 Å². The molecule has 0 unspecified atom stereocenters. The second-order valence-corrected chi connectivity index (χ2v) is 4.52. The average Bonchev–Trinajstić information content (AvgIpc) is 2.20. The van der Waals surface area contributed by atoms with Crippen LogP contribution in [0.15, 0.2) is 0 Å². The molecule has 1 rings (SSSR count). The molecule has 0 aromatic carbocycles. The number of hydrogen-bond acceptors (Lipinski definition) is 2. The summed E-state index contributed by atoms with van der Waals surface area (Å²) in [4.78, 5) is 21.9. The zero-order valence-electron chi connectivity index (χ0n) is 9.30. The molecule has 1 saturated carbocycles. The molecule has 0 spiro atoms. The van der Waals surface area contributed by atoms with Crippen molar-refractivity contribution in [3.05, 3.63) is 0 Å². The number of aliphatic carboxylic acids is 1. The summed E-state index contributed by atoms with van der Waals surface area (Å²) in [7, 11) is 0. The maximum Gasteiger partial charge on any atom is 0.471 e. The van der Waals surface area contributed by atoms with Crippen molar-refractivity contribution >= 4 is 11.9 Å². The molecular formula is C10H14F3NO3. The van der Waals surface area contributed by atoms with Crippen LogP contribution >= 0.6 is 0 Å². The van der Waals surface area contributed by atoms with Gasteiger partial charge in [-0.15, -0.1) is 0 Å².